The first-order valence-electron chi connectivity index (χ1n) is 7.64. The molecule has 1 aromatic carbocycles. The zero-order valence-electron chi connectivity index (χ0n) is 13.1. The number of hydrogen-bond donors (Lipinski definition) is 0. The SMILES string of the molecule is O=CCCN1CCN(C(=O)OCc2ccccc2C(F)(F)F)CC1. The highest BCUT2D eigenvalue weighted by atomic mass is 19.4. The van der Waals surface area contributed by atoms with Crippen molar-refractivity contribution in [3.8, 4) is 0 Å². The van der Waals surface area contributed by atoms with Gasteiger partial charge in [0.1, 0.15) is 12.9 Å². The lowest BCUT2D eigenvalue weighted by atomic mass is 10.1. The van der Waals surface area contributed by atoms with Crippen LogP contribution in [0.3, 0.4) is 0 Å². The lowest BCUT2D eigenvalue weighted by Crippen LogP contribution is -2.49. The molecule has 0 unspecified atom stereocenters. The molecule has 1 aliphatic heterocycles. The van der Waals surface area contributed by atoms with Crippen LogP contribution in [0.25, 0.3) is 0 Å². The molecule has 0 N–H and O–H groups in total. The molecule has 2 rings (SSSR count). The summed E-state index contributed by atoms with van der Waals surface area (Å²) in [6, 6.07) is 5.04. The number of hydrogen-bond acceptors (Lipinski definition) is 4. The number of benzene rings is 1. The maximum Gasteiger partial charge on any atom is 0.416 e. The maximum atomic E-state index is 12.9. The fraction of sp³-hybridized carbons (Fsp3) is 0.500. The van der Waals surface area contributed by atoms with E-state index in [1.807, 2.05) is 0 Å². The molecule has 0 saturated carbocycles. The minimum Gasteiger partial charge on any atom is -0.445 e. The largest absolute Gasteiger partial charge is 0.445 e. The molecule has 0 radical (unpaired) electrons. The second-order valence-corrected chi connectivity index (χ2v) is 5.49. The van der Waals surface area contributed by atoms with Gasteiger partial charge in [0.2, 0.25) is 0 Å². The molecule has 24 heavy (non-hydrogen) atoms. The van der Waals surface area contributed by atoms with Crippen molar-refractivity contribution in [2.24, 2.45) is 0 Å². The number of nitrogens with zero attached hydrogens (tertiary/aromatic N) is 2. The van der Waals surface area contributed by atoms with Crippen LogP contribution in [0.4, 0.5) is 18.0 Å². The highest BCUT2D eigenvalue weighted by molar-refractivity contribution is 5.67. The van der Waals surface area contributed by atoms with E-state index in [1.54, 1.807) is 0 Å². The van der Waals surface area contributed by atoms with Crippen molar-refractivity contribution >= 4 is 12.4 Å². The number of halogens is 3. The number of piperazine rings is 1. The first-order valence-corrected chi connectivity index (χ1v) is 7.64. The molecule has 1 aromatic rings. The fourth-order valence-electron chi connectivity index (χ4n) is 2.54. The third-order valence-corrected chi connectivity index (χ3v) is 3.87. The van der Waals surface area contributed by atoms with E-state index >= 15 is 0 Å². The summed E-state index contributed by atoms with van der Waals surface area (Å²) in [5.74, 6) is 0. The zero-order chi connectivity index (χ0) is 17.6. The summed E-state index contributed by atoms with van der Waals surface area (Å²) in [6.45, 7) is 2.31. The summed E-state index contributed by atoms with van der Waals surface area (Å²) in [5.41, 5.74) is -0.862. The van der Waals surface area contributed by atoms with E-state index in [2.05, 4.69) is 4.90 Å². The average molecular weight is 344 g/mol. The lowest BCUT2D eigenvalue weighted by molar-refractivity contribution is -0.138. The maximum absolute atomic E-state index is 12.9. The number of ether oxygens (including phenoxy) is 1. The molecule has 1 heterocycles. The van der Waals surface area contributed by atoms with Gasteiger partial charge in [0.05, 0.1) is 5.56 Å². The van der Waals surface area contributed by atoms with Crippen molar-refractivity contribution in [1.29, 1.82) is 0 Å². The molecule has 1 fully saturated rings. The molecule has 5 nitrogen and oxygen atoms in total. The summed E-state index contributed by atoms with van der Waals surface area (Å²) in [7, 11) is 0. The van der Waals surface area contributed by atoms with Crippen LogP contribution in [0.2, 0.25) is 0 Å². The van der Waals surface area contributed by atoms with Gasteiger partial charge < -0.3 is 14.4 Å². The molecule has 0 aromatic heterocycles. The monoisotopic (exact) mass is 344 g/mol. The number of carbonyl (C=O) groups excluding carboxylic acids is 2. The van der Waals surface area contributed by atoms with Gasteiger partial charge in [-0.3, -0.25) is 4.90 Å². The van der Waals surface area contributed by atoms with Gasteiger partial charge >= 0.3 is 12.3 Å². The highest BCUT2D eigenvalue weighted by Gasteiger charge is 2.33. The van der Waals surface area contributed by atoms with Crippen LogP contribution in [-0.2, 0) is 22.3 Å². The molecule has 132 valence electrons. The number of rotatable bonds is 5. The summed E-state index contributed by atoms with van der Waals surface area (Å²) in [6.07, 6.45) is -3.81. The van der Waals surface area contributed by atoms with Gasteiger partial charge in [-0.2, -0.15) is 13.2 Å². The quantitative estimate of drug-likeness (QED) is 0.771. The third kappa shape index (κ3) is 4.95. The molecule has 0 aliphatic carbocycles. The Balaban J connectivity index is 1.85. The Bertz CT molecular complexity index is 570. The van der Waals surface area contributed by atoms with E-state index in [1.165, 1.54) is 23.1 Å². The number of aldehydes is 1. The Morgan fingerprint density at radius 3 is 2.46 bits per heavy atom. The van der Waals surface area contributed by atoms with Crippen molar-refractivity contribution < 1.29 is 27.5 Å². The van der Waals surface area contributed by atoms with Gasteiger partial charge in [0, 0.05) is 44.7 Å². The smallest absolute Gasteiger partial charge is 0.416 e. The van der Waals surface area contributed by atoms with E-state index in [-0.39, 0.29) is 5.56 Å². The Hall–Kier alpha value is -2.09. The Morgan fingerprint density at radius 1 is 1.17 bits per heavy atom. The van der Waals surface area contributed by atoms with E-state index in [0.717, 1.165) is 12.4 Å². The van der Waals surface area contributed by atoms with Crippen molar-refractivity contribution in [1.82, 2.24) is 9.80 Å². The predicted molar refractivity (Wildman–Crippen MR) is 80.3 cm³/mol. The van der Waals surface area contributed by atoms with Gasteiger partial charge in [-0.05, 0) is 6.07 Å². The average Bonchev–Trinajstić information content (AvgIpc) is 2.57. The predicted octanol–water partition coefficient (Wildman–Crippen LogP) is 2.55. The van der Waals surface area contributed by atoms with Crippen LogP contribution in [-0.4, -0.2) is 54.9 Å². The molecular formula is C16H19F3N2O3. The first-order chi connectivity index (χ1) is 11.4. The van der Waals surface area contributed by atoms with Gasteiger partial charge in [0.25, 0.3) is 0 Å². The van der Waals surface area contributed by atoms with Crippen molar-refractivity contribution in [2.75, 3.05) is 32.7 Å². The molecule has 0 spiro atoms. The summed E-state index contributed by atoms with van der Waals surface area (Å²) in [4.78, 5) is 25.9. The van der Waals surface area contributed by atoms with E-state index in [4.69, 9.17) is 4.74 Å². The van der Waals surface area contributed by atoms with Gasteiger partial charge in [-0.15, -0.1) is 0 Å². The lowest BCUT2D eigenvalue weighted by Gasteiger charge is -2.33. The Kier molecular flexibility index (Phi) is 6.19. The zero-order valence-corrected chi connectivity index (χ0v) is 13.1. The number of carbonyl (C=O) groups is 2. The fourth-order valence-corrected chi connectivity index (χ4v) is 2.54. The molecule has 8 heteroatoms. The highest BCUT2D eigenvalue weighted by Crippen LogP contribution is 2.32. The molecule has 1 amide bonds. The molecule has 1 saturated heterocycles. The summed E-state index contributed by atoms with van der Waals surface area (Å²) < 4.78 is 43.7. The number of amides is 1. The van der Waals surface area contributed by atoms with E-state index in [9.17, 15) is 22.8 Å². The van der Waals surface area contributed by atoms with Crippen LogP contribution < -0.4 is 0 Å². The van der Waals surface area contributed by atoms with Crippen LogP contribution in [0, 0.1) is 0 Å². The number of alkyl halides is 3. The minimum absolute atomic E-state index is 0.0667. The molecular weight excluding hydrogens is 325 g/mol. The van der Waals surface area contributed by atoms with Gasteiger partial charge in [-0.25, -0.2) is 4.79 Å². The van der Waals surface area contributed by atoms with Crippen LogP contribution in [0.5, 0.6) is 0 Å². The van der Waals surface area contributed by atoms with Crippen molar-refractivity contribution in [3.63, 3.8) is 0 Å². The summed E-state index contributed by atoms with van der Waals surface area (Å²) >= 11 is 0. The standard InChI is InChI=1S/C16H19F3N2O3/c17-16(18,19)14-5-2-1-4-13(14)12-24-15(23)21-9-7-20(8-10-21)6-3-11-22/h1-2,4-5,11H,3,6-10,12H2. The van der Waals surface area contributed by atoms with Crippen molar-refractivity contribution in [2.45, 2.75) is 19.2 Å². The third-order valence-electron chi connectivity index (χ3n) is 3.87. The Morgan fingerprint density at radius 2 is 1.83 bits per heavy atom. The molecule has 1 aliphatic rings. The van der Waals surface area contributed by atoms with E-state index < -0.39 is 24.4 Å². The van der Waals surface area contributed by atoms with Gasteiger partial charge in [0.15, 0.2) is 0 Å². The van der Waals surface area contributed by atoms with Gasteiger partial charge in [-0.1, -0.05) is 18.2 Å². The van der Waals surface area contributed by atoms with E-state index in [0.29, 0.717) is 39.1 Å². The topological polar surface area (TPSA) is 49.9 Å². The summed E-state index contributed by atoms with van der Waals surface area (Å²) in [5, 5.41) is 0. The minimum atomic E-state index is -4.48. The molecule has 0 atom stereocenters. The van der Waals surface area contributed by atoms with Crippen molar-refractivity contribution in [3.05, 3.63) is 35.4 Å². The first kappa shape index (κ1) is 18.3. The van der Waals surface area contributed by atoms with Crippen LogP contribution in [0.1, 0.15) is 17.5 Å². The second kappa shape index (κ2) is 8.14. The Labute approximate surface area is 138 Å². The normalized spacial score (nSPS) is 16.0. The molecule has 0 bridgehead atoms. The van der Waals surface area contributed by atoms with Crippen LogP contribution in [0.15, 0.2) is 24.3 Å². The van der Waals surface area contributed by atoms with Crippen LogP contribution >= 0.6 is 0 Å². The second-order valence-electron chi connectivity index (χ2n) is 5.49.